The van der Waals surface area contributed by atoms with Gasteiger partial charge in [-0.1, -0.05) is 0 Å². The van der Waals surface area contributed by atoms with Crippen molar-refractivity contribution >= 4 is 33.1 Å². The van der Waals surface area contributed by atoms with Crippen molar-refractivity contribution in [3.05, 3.63) is 0 Å². The Morgan fingerprint density at radius 3 is 1.42 bits per heavy atom. The van der Waals surface area contributed by atoms with Crippen molar-refractivity contribution in [1.29, 1.82) is 0 Å². The molecule has 0 aromatic heterocycles. The zero-order valence-electron chi connectivity index (χ0n) is 12.5. The summed E-state index contributed by atoms with van der Waals surface area (Å²) in [6, 6.07) is 0. The van der Waals surface area contributed by atoms with Gasteiger partial charge in [0.1, 0.15) is 0 Å². The molecule has 0 aromatic rings. The molecule has 0 N–H and O–H groups in total. The van der Waals surface area contributed by atoms with E-state index in [4.69, 9.17) is 0 Å². The summed E-state index contributed by atoms with van der Waals surface area (Å²) in [5, 5.41) is 19.5. The molecular weight excluding hydrogens is 351 g/mol. The smallest absolute Gasteiger partial charge is 0.0414 e. The van der Waals surface area contributed by atoms with Crippen molar-refractivity contribution in [2.45, 2.75) is 74.1 Å². The second kappa shape index (κ2) is 14.2. The average molecular weight is 377 g/mol. The summed E-state index contributed by atoms with van der Waals surface area (Å²) in [5.41, 5.74) is 0. The van der Waals surface area contributed by atoms with Gasteiger partial charge in [-0.3, -0.25) is 0 Å². The molecule has 0 amide bonds. The first-order chi connectivity index (χ1) is 8.83. The quantitative estimate of drug-likeness (QED) is 0.447. The van der Waals surface area contributed by atoms with Crippen molar-refractivity contribution in [2.24, 2.45) is 0 Å². The maximum atomic E-state index is 9.77. The molecule has 19 heavy (non-hydrogen) atoms. The fourth-order valence-corrected chi connectivity index (χ4v) is 5.38. The second-order valence-corrected chi connectivity index (χ2v) is 11.3. The van der Waals surface area contributed by atoms with Gasteiger partial charge in [0.05, 0.1) is 0 Å². The van der Waals surface area contributed by atoms with Gasteiger partial charge in [0.25, 0.3) is 0 Å². The molecule has 0 saturated carbocycles. The number of carboxylic acids is 2. The third-order valence-corrected chi connectivity index (χ3v) is 8.38. The Hall–Kier alpha value is -0.261. The maximum absolute atomic E-state index is 9.77. The third-order valence-electron chi connectivity index (χ3n) is 2.81. The van der Waals surface area contributed by atoms with Crippen molar-refractivity contribution in [2.75, 3.05) is 0 Å². The van der Waals surface area contributed by atoms with Crippen LogP contribution in [0.25, 0.3) is 0 Å². The normalized spacial score (nSPS) is 12.6. The number of unbranched alkanes of at least 4 members (excludes halogenated alkanes) is 1. The van der Waals surface area contributed by atoms with E-state index in [-0.39, 0.29) is 34.0 Å². The fourth-order valence-electron chi connectivity index (χ4n) is 1.26. The summed E-state index contributed by atoms with van der Waals surface area (Å²) in [4.78, 5) is 19.5. The van der Waals surface area contributed by atoms with Crippen LogP contribution in [-0.2, 0) is 9.59 Å². The minimum Gasteiger partial charge on any atom is -0.550 e. The van der Waals surface area contributed by atoms with Gasteiger partial charge in [-0.2, -0.15) is 0 Å². The van der Waals surface area contributed by atoms with Crippen LogP contribution in [0, 0.1) is 0 Å². The van der Waals surface area contributed by atoms with Gasteiger partial charge in [0.2, 0.25) is 0 Å². The summed E-state index contributed by atoms with van der Waals surface area (Å²) in [7, 11) is 0. The Bertz CT molecular complexity index is 220. The molecule has 0 aliphatic rings. The number of rotatable bonds is 9. The minimum atomic E-state index is -1.14. The molecule has 0 aliphatic carbocycles. The first-order valence-electron chi connectivity index (χ1n) is 6.99. The van der Waals surface area contributed by atoms with Gasteiger partial charge >= 0.3 is 69.5 Å². The largest absolute Gasteiger partial charge is 0.550 e. The molecule has 5 heteroatoms. The first kappa shape index (κ1) is 21.0. The number of hydrogen-bond donors (Lipinski definition) is 0. The molecule has 0 rings (SSSR count). The van der Waals surface area contributed by atoms with Crippen molar-refractivity contribution in [3.8, 4) is 0 Å². The number of aliphatic carboxylic acids is 2. The van der Waals surface area contributed by atoms with E-state index in [2.05, 4.69) is 27.7 Å². The zero-order valence-corrected chi connectivity index (χ0v) is 15.4. The van der Waals surface area contributed by atoms with Gasteiger partial charge in [-0.05, 0) is 25.7 Å². The Balaban J connectivity index is 0. The Morgan fingerprint density at radius 2 is 1.21 bits per heavy atom. The van der Waals surface area contributed by atoms with Crippen LogP contribution >= 0.6 is 0 Å². The van der Waals surface area contributed by atoms with Crippen molar-refractivity contribution in [1.82, 2.24) is 0 Å². The standard InChI is InChI=1S/C6H10O4.2C4H9.Sn/c7-5(8)3-1-2-4-6(9)10;2*1-3-4-2;/h1-4H2,(H,7,8)(H,9,10);2*3H,4H2,1-2H3;/q;;;+2/p-2. The Labute approximate surface area is 127 Å². The van der Waals surface area contributed by atoms with Gasteiger partial charge < -0.3 is 19.8 Å². The number of carbonyl (C=O) groups excluding carboxylic acids is 2. The van der Waals surface area contributed by atoms with Crippen LogP contribution in [0.4, 0.5) is 0 Å². The molecule has 110 valence electrons. The van der Waals surface area contributed by atoms with E-state index in [1.54, 1.807) is 0 Å². The summed E-state index contributed by atoms with van der Waals surface area (Å²) in [6.45, 7) is 9.46. The van der Waals surface area contributed by atoms with E-state index in [0.717, 1.165) is 7.87 Å². The van der Waals surface area contributed by atoms with Crippen LogP contribution in [0.2, 0.25) is 7.87 Å². The molecule has 0 bridgehead atoms. The predicted molar refractivity (Wildman–Crippen MR) is 73.7 cm³/mol. The van der Waals surface area contributed by atoms with Gasteiger partial charge in [-0.15, -0.1) is 0 Å². The number of carboxylic acid groups (broad SMARTS) is 2. The van der Waals surface area contributed by atoms with Crippen LogP contribution in [0.3, 0.4) is 0 Å². The summed E-state index contributed by atoms with van der Waals surface area (Å²) in [5.74, 6) is -2.28. The molecule has 0 spiro atoms. The van der Waals surface area contributed by atoms with Gasteiger partial charge in [-0.25, -0.2) is 0 Å². The molecule has 0 aliphatic heterocycles. The zero-order chi connectivity index (χ0) is 15.3. The van der Waals surface area contributed by atoms with E-state index in [1.807, 2.05) is 0 Å². The molecular formula is C14H26O4Sn. The van der Waals surface area contributed by atoms with E-state index in [9.17, 15) is 19.8 Å². The van der Waals surface area contributed by atoms with E-state index >= 15 is 0 Å². The minimum absolute atomic E-state index is 0.00250. The van der Waals surface area contributed by atoms with Crippen LogP contribution in [-0.4, -0.2) is 33.1 Å². The van der Waals surface area contributed by atoms with Crippen molar-refractivity contribution < 1.29 is 19.8 Å². The number of hydrogen-bond acceptors (Lipinski definition) is 4. The molecule has 4 nitrogen and oxygen atoms in total. The maximum Gasteiger partial charge on any atom is 0.0414 e. The molecule has 2 atom stereocenters. The van der Waals surface area contributed by atoms with Crippen LogP contribution in [0.15, 0.2) is 0 Å². The Morgan fingerprint density at radius 1 is 0.895 bits per heavy atom. The van der Waals surface area contributed by atoms with Gasteiger partial charge in [0.15, 0.2) is 0 Å². The Kier molecular flexibility index (Phi) is 15.7. The van der Waals surface area contributed by atoms with Crippen LogP contribution in [0.1, 0.15) is 66.2 Å². The first-order valence-corrected chi connectivity index (χ1v) is 10.3. The molecule has 0 aromatic carbocycles. The summed E-state index contributed by atoms with van der Waals surface area (Å²) >= 11 is 0.00250. The number of carbonyl (C=O) groups is 2. The van der Waals surface area contributed by atoms with E-state index in [1.165, 1.54) is 12.8 Å². The summed E-state index contributed by atoms with van der Waals surface area (Å²) < 4.78 is 2.20. The topological polar surface area (TPSA) is 80.3 Å². The molecule has 2 unspecified atom stereocenters. The predicted octanol–water partition coefficient (Wildman–Crippen LogP) is 1.17. The molecule has 0 radical (unpaired) electrons. The molecule has 0 fully saturated rings. The third kappa shape index (κ3) is 20.2. The monoisotopic (exact) mass is 378 g/mol. The summed E-state index contributed by atoms with van der Waals surface area (Å²) in [6.07, 6.45) is 3.36. The van der Waals surface area contributed by atoms with Gasteiger partial charge in [0, 0.05) is 11.9 Å². The van der Waals surface area contributed by atoms with E-state index in [0.29, 0.717) is 12.8 Å². The SMILES string of the molecule is CC[CH](C)[Sn+2][CH](C)CC.O=C([O-])CCCCC(=O)[O-]. The van der Waals surface area contributed by atoms with Crippen LogP contribution < -0.4 is 10.2 Å². The van der Waals surface area contributed by atoms with Crippen molar-refractivity contribution in [3.63, 3.8) is 0 Å². The molecule has 0 saturated heterocycles. The fraction of sp³-hybridized carbons (Fsp3) is 0.857. The van der Waals surface area contributed by atoms with E-state index < -0.39 is 11.9 Å². The molecule has 0 heterocycles. The average Bonchev–Trinajstić information content (AvgIpc) is 2.34. The second-order valence-electron chi connectivity index (χ2n) is 4.74. The van der Waals surface area contributed by atoms with Crippen LogP contribution in [0.5, 0.6) is 0 Å².